The molecule has 0 rings (SSSR count). The minimum absolute atomic E-state index is 0.689. The van der Waals surface area contributed by atoms with Gasteiger partial charge in [-0.25, -0.2) is 0 Å². The van der Waals surface area contributed by atoms with Crippen molar-refractivity contribution in [3.05, 3.63) is 11.6 Å². The van der Waals surface area contributed by atoms with Crippen molar-refractivity contribution in [1.82, 2.24) is 5.32 Å². The number of rotatable bonds is 6. The van der Waals surface area contributed by atoms with Crippen molar-refractivity contribution in [2.75, 3.05) is 13.1 Å². The highest BCUT2D eigenvalue weighted by Gasteiger charge is 1.98. The van der Waals surface area contributed by atoms with Crippen molar-refractivity contribution in [3.8, 4) is 0 Å². The summed E-state index contributed by atoms with van der Waals surface area (Å²) in [6.45, 7) is 9.82. The predicted molar refractivity (Wildman–Crippen MR) is 51.9 cm³/mol. The van der Waals surface area contributed by atoms with E-state index in [0.717, 1.165) is 19.0 Å². The topological polar surface area (TPSA) is 12.0 Å². The lowest BCUT2D eigenvalue weighted by Crippen LogP contribution is -2.22. The lowest BCUT2D eigenvalue weighted by molar-refractivity contribution is 0.488. The molecule has 0 fully saturated rings. The van der Waals surface area contributed by atoms with Crippen LogP contribution in [0.15, 0.2) is 11.6 Å². The lowest BCUT2D eigenvalue weighted by atomic mass is 10.1. The van der Waals surface area contributed by atoms with Crippen LogP contribution in [0.25, 0.3) is 0 Å². The van der Waals surface area contributed by atoms with Gasteiger partial charge in [-0.15, -0.1) is 0 Å². The van der Waals surface area contributed by atoms with Crippen LogP contribution in [0.2, 0.25) is 0 Å². The van der Waals surface area contributed by atoms with Gasteiger partial charge in [0.1, 0.15) is 0 Å². The van der Waals surface area contributed by atoms with E-state index < -0.39 is 0 Å². The molecule has 1 atom stereocenters. The van der Waals surface area contributed by atoms with Crippen LogP contribution in [0.5, 0.6) is 0 Å². The molecule has 1 N–H and O–H groups in total. The minimum Gasteiger partial charge on any atom is -0.312 e. The van der Waals surface area contributed by atoms with Crippen LogP contribution in [-0.4, -0.2) is 13.1 Å². The summed E-state index contributed by atoms with van der Waals surface area (Å²) in [7, 11) is 0. The van der Waals surface area contributed by atoms with E-state index in [1.54, 1.807) is 0 Å². The quantitative estimate of drug-likeness (QED) is 0.655. The molecule has 0 radical (unpaired) electrons. The third-order valence-electron chi connectivity index (χ3n) is 1.59. The van der Waals surface area contributed by atoms with Gasteiger partial charge in [0.15, 0.2) is 0 Å². The predicted octanol–water partition coefficient (Wildman–Crippen LogP) is 2.76. The molecule has 0 heterocycles. The van der Waals surface area contributed by atoms with Crippen molar-refractivity contribution in [2.45, 2.75) is 26.7 Å². The first-order valence-corrected chi connectivity index (χ1v) is 4.58. The molecule has 0 aromatic heterocycles. The maximum atomic E-state index is 5.58. The Morgan fingerprint density at radius 1 is 1.64 bits per heavy atom. The zero-order valence-corrected chi connectivity index (χ0v) is 8.25. The second kappa shape index (κ2) is 6.68. The van der Waals surface area contributed by atoms with Gasteiger partial charge >= 0.3 is 0 Å². The van der Waals surface area contributed by atoms with Gasteiger partial charge in [0, 0.05) is 11.6 Å². The zero-order valence-electron chi connectivity index (χ0n) is 7.49. The zero-order chi connectivity index (χ0) is 8.69. The molecule has 0 aliphatic carbocycles. The molecule has 0 bridgehead atoms. The highest BCUT2D eigenvalue weighted by Crippen LogP contribution is 2.03. The van der Waals surface area contributed by atoms with Gasteiger partial charge < -0.3 is 5.32 Å². The molecule has 0 aliphatic rings. The highest BCUT2D eigenvalue weighted by molar-refractivity contribution is 6.29. The molecule has 0 spiro atoms. The third-order valence-corrected chi connectivity index (χ3v) is 1.72. The molecule has 0 aliphatic heterocycles. The van der Waals surface area contributed by atoms with Crippen molar-refractivity contribution in [3.63, 3.8) is 0 Å². The van der Waals surface area contributed by atoms with E-state index in [9.17, 15) is 0 Å². The molecule has 0 aromatic carbocycles. The van der Waals surface area contributed by atoms with E-state index in [4.69, 9.17) is 11.6 Å². The molecule has 0 amide bonds. The summed E-state index contributed by atoms with van der Waals surface area (Å²) in [5.74, 6) is 0.746. The molecule has 0 saturated carbocycles. The van der Waals surface area contributed by atoms with Crippen LogP contribution in [0.1, 0.15) is 26.7 Å². The first-order chi connectivity index (χ1) is 5.16. The monoisotopic (exact) mass is 175 g/mol. The van der Waals surface area contributed by atoms with Crippen LogP contribution >= 0.6 is 11.6 Å². The second-order valence-electron chi connectivity index (χ2n) is 3.04. The Balaban J connectivity index is 3.16. The maximum absolute atomic E-state index is 5.58. The number of halogens is 1. The molecular weight excluding hydrogens is 158 g/mol. The van der Waals surface area contributed by atoms with E-state index >= 15 is 0 Å². The summed E-state index contributed by atoms with van der Waals surface area (Å²) in [4.78, 5) is 0. The third kappa shape index (κ3) is 7.89. The van der Waals surface area contributed by atoms with Gasteiger partial charge in [0.2, 0.25) is 0 Å². The fraction of sp³-hybridized carbons (Fsp3) is 0.778. The molecule has 11 heavy (non-hydrogen) atoms. The van der Waals surface area contributed by atoms with Gasteiger partial charge in [-0.3, -0.25) is 0 Å². The Kier molecular flexibility index (Phi) is 6.68. The van der Waals surface area contributed by atoms with Crippen molar-refractivity contribution >= 4 is 11.6 Å². The van der Waals surface area contributed by atoms with Crippen molar-refractivity contribution in [1.29, 1.82) is 0 Å². The average Bonchev–Trinajstić information content (AvgIpc) is 1.87. The van der Waals surface area contributed by atoms with Gasteiger partial charge in [0.05, 0.1) is 0 Å². The first kappa shape index (κ1) is 11.0. The van der Waals surface area contributed by atoms with E-state index in [0.29, 0.717) is 5.03 Å². The van der Waals surface area contributed by atoms with Crippen molar-refractivity contribution < 1.29 is 0 Å². The summed E-state index contributed by atoms with van der Waals surface area (Å²) in [5, 5.41) is 3.93. The Hall–Kier alpha value is -0.0100. The van der Waals surface area contributed by atoms with Gasteiger partial charge in [-0.2, -0.15) is 0 Å². The Morgan fingerprint density at radius 2 is 2.27 bits per heavy atom. The number of hydrogen-bond acceptors (Lipinski definition) is 1. The van der Waals surface area contributed by atoms with E-state index in [1.807, 2.05) is 0 Å². The Bertz CT molecular complexity index is 112. The second-order valence-corrected chi connectivity index (χ2v) is 3.58. The fourth-order valence-corrected chi connectivity index (χ4v) is 1.14. The van der Waals surface area contributed by atoms with Gasteiger partial charge in [-0.1, -0.05) is 38.4 Å². The normalized spacial score (nSPS) is 13.0. The molecular formula is C9H18ClN. The van der Waals surface area contributed by atoms with Crippen LogP contribution in [0.3, 0.4) is 0 Å². The molecule has 0 saturated heterocycles. The average molecular weight is 176 g/mol. The van der Waals surface area contributed by atoms with Crippen LogP contribution in [0.4, 0.5) is 0 Å². The molecule has 66 valence electrons. The summed E-state index contributed by atoms with van der Waals surface area (Å²) in [6, 6.07) is 0. The van der Waals surface area contributed by atoms with Crippen LogP contribution < -0.4 is 5.32 Å². The summed E-state index contributed by atoms with van der Waals surface area (Å²) >= 11 is 5.58. The molecule has 1 unspecified atom stereocenters. The lowest BCUT2D eigenvalue weighted by Gasteiger charge is -2.10. The van der Waals surface area contributed by atoms with Crippen LogP contribution in [-0.2, 0) is 0 Å². The SMILES string of the molecule is C=C(Cl)CNCC(C)CCC. The van der Waals surface area contributed by atoms with E-state index in [2.05, 4.69) is 25.7 Å². The van der Waals surface area contributed by atoms with Crippen molar-refractivity contribution in [2.24, 2.45) is 5.92 Å². The van der Waals surface area contributed by atoms with Crippen LogP contribution in [0, 0.1) is 5.92 Å². The maximum Gasteiger partial charge on any atom is 0.0307 e. The molecule has 0 aromatic rings. The van der Waals surface area contributed by atoms with E-state index in [1.165, 1.54) is 12.8 Å². The smallest absolute Gasteiger partial charge is 0.0307 e. The Morgan fingerprint density at radius 3 is 2.73 bits per heavy atom. The van der Waals surface area contributed by atoms with Gasteiger partial charge in [0.25, 0.3) is 0 Å². The number of hydrogen-bond donors (Lipinski definition) is 1. The first-order valence-electron chi connectivity index (χ1n) is 4.20. The molecule has 2 heteroatoms. The number of nitrogens with one attached hydrogen (secondary N) is 1. The highest BCUT2D eigenvalue weighted by atomic mass is 35.5. The summed E-state index contributed by atoms with van der Waals surface area (Å²) in [6.07, 6.45) is 2.53. The minimum atomic E-state index is 0.689. The Labute approximate surface area is 74.8 Å². The summed E-state index contributed by atoms with van der Waals surface area (Å²) in [5.41, 5.74) is 0. The molecule has 1 nitrogen and oxygen atoms in total. The summed E-state index contributed by atoms with van der Waals surface area (Å²) < 4.78 is 0. The van der Waals surface area contributed by atoms with Gasteiger partial charge in [-0.05, 0) is 18.9 Å². The van der Waals surface area contributed by atoms with E-state index in [-0.39, 0.29) is 0 Å². The standard InChI is InChI=1S/C9H18ClN/c1-4-5-8(2)6-11-7-9(3)10/h8,11H,3-7H2,1-2H3. The largest absolute Gasteiger partial charge is 0.312 e. The fourth-order valence-electron chi connectivity index (χ4n) is 1.05.